The van der Waals surface area contributed by atoms with E-state index in [0.29, 0.717) is 0 Å². The molecule has 0 atom stereocenters. The fraction of sp³-hybridized carbons (Fsp3) is 0.400. The fourth-order valence-corrected chi connectivity index (χ4v) is 0.306. The van der Waals surface area contributed by atoms with Gasteiger partial charge in [0.15, 0.2) is 6.29 Å². The molecule has 0 saturated carbocycles. The summed E-state index contributed by atoms with van der Waals surface area (Å²) < 4.78 is 0. The van der Waals surface area contributed by atoms with Crippen LogP contribution in [0.2, 0.25) is 0 Å². The van der Waals surface area contributed by atoms with Gasteiger partial charge in [0.25, 0.3) is 0 Å². The lowest BCUT2D eigenvalue weighted by Crippen LogP contribution is -2.07. The molecular formula is C5H9NO3. The van der Waals surface area contributed by atoms with Crippen LogP contribution in [0.25, 0.3) is 0 Å². The molecule has 0 aromatic heterocycles. The predicted molar refractivity (Wildman–Crippen MR) is 31.2 cm³/mol. The SMILES string of the molecule is NC(=O)C=CCC(O)O. The van der Waals surface area contributed by atoms with E-state index in [-0.39, 0.29) is 6.42 Å². The number of hydrogen-bond acceptors (Lipinski definition) is 3. The Morgan fingerprint density at radius 1 is 1.67 bits per heavy atom. The number of primary amides is 1. The Hall–Kier alpha value is -0.870. The highest BCUT2D eigenvalue weighted by Crippen LogP contribution is 1.86. The minimum atomic E-state index is -1.40. The van der Waals surface area contributed by atoms with Gasteiger partial charge in [0.05, 0.1) is 0 Å². The number of hydrogen-bond donors (Lipinski definition) is 3. The highest BCUT2D eigenvalue weighted by molar-refractivity contribution is 5.85. The van der Waals surface area contributed by atoms with Gasteiger partial charge in [-0.15, -0.1) is 0 Å². The molecule has 0 aromatic carbocycles. The molecule has 0 bridgehead atoms. The molecule has 0 radical (unpaired) electrons. The smallest absolute Gasteiger partial charge is 0.241 e. The van der Waals surface area contributed by atoms with E-state index in [9.17, 15) is 4.79 Å². The summed E-state index contributed by atoms with van der Waals surface area (Å²) in [6.45, 7) is 0. The van der Waals surface area contributed by atoms with Crippen LogP contribution in [0.15, 0.2) is 12.2 Å². The van der Waals surface area contributed by atoms with Crippen LogP contribution in [-0.2, 0) is 4.79 Å². The predicted octanol–water partition coefficient (Wildman–Crippen LogP) is -1.27. The average molecular weight is 131 g/mol. The van der Waals surface area contributed by atoms with Gasteiger partial charge in [-0.2, -0.15) is 0 Å². The molecule has 1 amide bonds. The minimum absolute atomic E-state index is 0.0307. The lowest BCUT2D eigenvalue weighted by atomic mass is 10.3. The highest BCUT2D eigenvalue weighted by Gasteiger charge is 1.90. The molecule has 0 heterocycles. The van der Waals surface area contributed by atoms with Crippen molar-refractivity contribution in [2.24, 2.45) is 5.73 Å². The average Bonchev–Trinajstić information content (AvgIpc) is 1.63. The summed E-state index contributed by atoms with van der Waals surface area (Å²) in [5.41, 5.74) is 4.69. The molecule has 52 valence electrons. The van der Waals surface area contributed by atoms with Crippen LogP contribution in [-0.4, -0.2) is 22.4 Å². The Labute approximate surface area is 52.6 Å². The van der Waals surface area contributed by atoms with Gasteiger partial charge in [0.2, 0.25) is 5.91 Å². The second-order valence-electron chi connectivity index (χ2n) is 1.52. The molecule has 0 aliphatic rings. The van der Waals surface area contributed by atoms with Crippen molar-refractivity contribution in [3.05, 3.63) is 12.2 Å². The lowest BCUT2D eigenvalue weighted by Gasteiger charge is -1.93. The van der Waals surface area contributed by atoms with Crippen molar-refractivity contribution in [3.63, 3.8) is 0 Å². The van der Waals surface area contributed by atoms with Crippen LogP contribution in [0.5, 0.6) is 0 Å². The van der Waals surface area contributed by atoms with E-state index in [0.717, 1.165) is 6.08 Å². The Morgan fingerprint density at radius 3 is 2.56 bits per heavy atom. The van der Waals surface area contributed by atoms with Crippen LogP contribution < -0.4 is 5.73 Å². The summed E-state index contributed by atoms with van der Waals surface area (Å²) in [6.07, 6.45) is 1.01. The third-order valence-corrected chi connectivity index (χ3v) is 0.629. The van der Waals surface area contributed by atoms with E-state index in [1.54, 1.807) is 0 Å². The summed E-state index contributed by atoms with van der Waals surface area (Å²) in [4.78, 5) is 9.95. The topological polar surface area (TPSA) is 83.6 Å². The molecular weight excluding hydrogens is 122 g/mol. The van der Waals surface area contributed by atoms with Crippen molar-refractivity contribution in [2.75, 3.05) is 0 Å². The number of aliphatic hydroxyl groups is 2. The molecule has 0 spiro atoms. The number of carbonyl (C=O) groups is 1. The summed E-state index contributed by atoms with van der Waals surface area (Å²) in [5.74, 6) is -0.587. The first-order valence-electron chi connectivity index (χ1n) is 2.45. The quantitative estimate of drug-likeness (QED) is 0.330. The zero-order valence-electron chi connectivity index (χ0n) is 4.82. The van der Waals surface area contributed by atoms with Gasteiger partial charge in [0, 0.05) is 6.42 Å². The van der Waals surface area contributed by atoms with E-state index in [2.05, 4.69) is 5.73 Å². The zero-order valence-corrected chi connectivity index (χ0v) is 4.82. The first kappa shape index (κ1) is 8.13. The van der Waals surface area contributed by atoms with E-state index in [4.69, 9.17) is 10.2 Å². The maximum Gasteiger partial charge on any atom is 0.241 e. The molecule has 0 saturated heterocycles. The molecule has 0 fully saturated rings. The number of aliphatic hydroxyl groups excluding tert-OH is 1. The van der Waals surface area contributed by atoms with Gasteiger partial charge in [0.1, 0.15) is 0 Å². The number of nitrogens with two attached hydrogens (primary N) is 1. The first-order valence-corrected chi connectivity index (χ1v) is 2.45. The van der Waals surface area contributed by atoms with Crippen LogP contribution in [0.3, 0.4) is 0 Å². The summed E-state index contributed by atoms with van der Waals surface area (Å²) >= 11 is 0. The van der Waals surface area contributed by atoms with Crippen molar-refractivity contribution in [1.29, 1.82) is 0 Å². The Balaban J connectivity index is 3.36. The van der Waals surface area contributed by atoms with E-state index in [1.165, 1.54) is 6.08 Å². The monoisotopic (exact) mass is 131 g/mol. The van der Waals surface area contributed by atoms with Gasteiger partial charge >= 0.3 is 0 Å². The molecule has 0 aromatic rings. The number of carbonyl (C=O) groups excluding carboxylic acids is 1. The minimum Gasteiger partial charge on any atom is -0.368 e. The maximum absolute atomic E-state index is 9.95. The zero-order chi connectivity index (χ0) is 7.28. The van der Waals surface area contributed by atoms with Crippen molar-refractivity contribution in [2.45, 2.75) is 12.7 Å². The van der Waals surface area contributed by atoms with Crippen molar-refractivity contribution in [1.82, 2.24) is 0 Å². The van der Waals surface area contributed by atoms with E-state index >= 15 is 0 Å². The summed E-state index contributed by atoms with van der Waals surface area (Å²) in [6, 6.07) is 0. The van der Waals surface area contributed by atoms with Crippen molar-refractivity contribution >= 4 is 5.91 Å². The normalized spacial score (nSPS) is 11.0. The summed E-state index contributed by atoms with van der Waals surface area (Å²) in [5, 5.41) is 16.4. The van der Waals surface area contributed by atoms with Crippen molar-refractivity contribution < 1.29 is 15.0 Å². The Morgan fingerprint density at radius 2 is 2.22 bits per heavy atom. The number of amides is 1. The molecule has 9 heavy (non-hydrogen) atoms. The standard InChI is InChI=1S/C5H9NO3/c6-4(7)2-1-3-5(8)9/h1-2,5,8-9H,3H2,(H2,6,7). The van der Waals surface area contributed by atoms with Crippen molar-refractivity contribution in [3.8, 4) is 0 Å². The Bertz CT molecular complexity index is 119. The molecule has 4 nitrogen and oxygen atoms in total. The van der Waals surface area contributed by atoms with Gasteiger partial charge in [-0.1, -0.05) is 6.08 Å². The van der Waals surface area contributed by atoms with Gasteiger partial charge in [-0.25, -0.2) is 0 Å². The highest BCUT2D eigenvalue weighted by atomic mass is 16.5. The van der Waals surface area contributed by atoms with Crippen LogP contribution in [0.1, 0.15) is 6.42 Å². The van der Waals surface area contributed by atoms with Crippen LogP contribution in [0, 0.1) is 0 Å². The van der Waals surface area contributed by atoms with Crippen LogP contribution in [0.4, 0.5) is 0 Å². The van der Waals surface area contributed by atoms with E-state index < -0.39 is 12.2 Å². The van der Waals surface area contributed by atoms with Crippen LogP contribution >= 0.6 is 0 Å². The van der Waals surface area contributed by atoms with Gasteiger partial charge < -0.3 is 15.9 Å². The lowest BCUT2D eigenvalue weighted by molar-refractivity contribution is -0.113. The van der Waals surface area contributed by atoms with Gasteiger partial charge in [-0.3, -0.25) is 4.79 Å². The van der Waals surface area contributed by atoms with Gasteiger partial charge in [-0.05, 0) is 6.08 Å². The summed E-state index contributed by atoms with van der Waals surface area (Å²) in [7, 11) is 0. The first-order chi connectivity index (χ1) is 4.13. The molecule has 0 unspecified atom stereocenters. The largest absolute Gasteiger partial charge is 0.368 e. The Kier molecular flexibility index (Phi) is 3.66. The third kappa shape index (κ3) is 7.13. The molecule has 4 N–H and O–H groups in total. The molecule has 0 aliphatic carbocycles. The number of rotatable bonds is 3. The molecule has 0 aliphatic heterocycles. The van der Waals surface area contributed by atoms with E-state index in [1.807, 2.05) is 0 Å². The molecule has 4 heteroatoms. The fourth-order valence-electron chi connectivity index (χ4n) is 0.306. The third-order valence-electron chi connectivity index (χ3n) is 0.629. The maximum atomic E-state index is 9.95. The second-order valence-corrected chi connectivity index (χ2v) is 1.52. The second kappa shape index (κ2) is 4.05. The molecule has 0 rings (SSSR count).